The van der Waals surface area contributed by atoms with Gasteiger partial charge in [0.15, 0.2) is 5.78 Å². The van der Waals surface area contributed by atoms with Crippen LogP contribution in [-0.2, 0) is 6.54 Å². The first kappa shape index (κ1) is 12.0. The van der Waals surface area contributed by atoms with Crippen LogP contribution in [0.5, 0.6) is 0 Å². The van der Waals surface area contributed by atoms with Gasteiger partial charge in [0.1, 0.15) is 0 Å². The van der Waals surface area contributed by atoms with Gasteiger partial charge in [-0.15, -0.1) is 0 Å². The molecule has 0 bridgehead atoms. The summed E-state index contributed by atoms with van der Waals surface area (Å²) in [5, 5.41) is 0. The van der Waals surface area contributed by atoms with Crippen LogP contribution in [0.15, 0.2) is 46.1 Å². The van der Waals surface area contributed by atoms with Gasteiger partial charge in [0.05, 0.1) is 12.1 Å². The van der Waals surface area contributed by atoms with Crippen LogP contribution in [0.25, 0.3) is 0 Å². The summed E-state index contributed by atoms with van der Waals surface area (Å²) in [6.07, 6.45) is 1.16. The van der Waals surface area contributed by atoms with E-state index in [1.165, 1.54) is 6.92 Å². The number of aromatic nitrogens is 2. The second-order valence-electron chi connectivity index (χ2n) is 3.94. The number of Topliss-reactive ketones (excluding diaryl/α,β-unsaturated/α-hetero) is 1. The summed E-state index contributed by atoms with van der Waals surface area (Å²) in [5.74, 6) is -0.363. The van der Waals surface area contributed by atoms with E-state index >= 15 is 0 Å². The molecule has 0 atom stereocenters. The Morgan fingerprint density at radius 1 is 1.22 bits per heavy atom. The highest BCUT2D eigenvalue weighted by molar-refractivity contribution is 5.93. The zero-order valence-electron chi connectivity index (χ0n) is 9.84. The number of ketones is 1. The van der Waals surface area contributed by atoms with Crippen molar-refractivity contribution >= 4 is 5.78 Å². The van der Waals surface area contributed by atoms with E-state index in [0.717, 1.165) is 16.3 Å². The van der Waals surface area contributed by atoms with Crippen LogP contribution in [0.2, 0.25) is 0 Å². The van der Waals surface area contributed by atoms with Crippen molar-refractivity contribution in [3.8, 4) is 0 Å². The molecule has 0 saturated carbocycles. The molecule has 1 heterocycles. The molecule has 0 aliphatic carbocycles. The van der Waals surface area contributed by atoms with E-state index in [-0.39, 0.29) is 17.9 Å². The molecule has 5 nitrogen and oxygen atoms in total. The fourth-order valence-electron chi connectivity index (χ4n) is 1.67. The Bertz CT molecular complexity index is 683. The first-order valence-electron chi connectivity index (χ1n) is 5.47. The Morgan fingerprint density at radius 3 is 2.50 bits per heavy atom. The largest absolute Gasteiger partial charge is 0.328 e. The van der Waals surface area contributed by atoms with Gasteiger partial charge in [0.2, 0.25) is 0 Å². The number of benzene rings is 1. The zero-order valence-corrected chi connectivity index (χ0v) is 9.84. The molecule has 1 N–H and O–H groups in total. The Balaban J connectivity index is 2.51. The van der Waals surface area contributed by atoms with Gasteiger partial charge in [-0.1, -0.05) is 30.3 Å². The third-order valence-corrected chi connectivity index (χ3v) is 2.62. The first-order chi connectivity index (χ1) is 8.59. The predicted molar refractivity (Wildman–Crippen MR) is 66.9 cm³/mol. The van der Waals surface area contributed by atoms with Crippen LogP contribution in [0.1, 0.15) is 22.8 Å². The number of hydrogen-bond acceptors (Lipinski definition) is 3. The van der Waals surface area contributed by atoms with Crippen molar-refractivity contribution in [3.63, 3.8) is 0 Å². The van der Waals surface area contributed by atoms with Crippen molar-refractivity contribution in [2.75, 3.05) is 0 Å². The van der Waals surface area contributed by atoms with E-state index in [1.54, 1.807) is 0 Å². The highest BCUT2D eigenvalue weighted by atomic mass is 16.2. The van der Waals surface area contributed by atoms with Crippen molar-refractivity contribution in [2.45, 2.75) is 13.5 Å². The third kappa shape index (κ3) is 2.29. The number of rotatable bonds is 3. The van der Waals surface area contributed by atoms with E-state index in [9.17, 15) is 14.4 Å². The molecule has 92 valence electrons. The monoisotopic (exact) mass is 244 g/mol. The number of hydrogen-bond donors (Lipinski definition) is 1. The summed E-state index contributed by atoms with van der Waals surface area (Å²) < 4.78 is 1.02. The topological polar surface area (TPSA) is 71.9 Å². The minimum atomic E-state index is -0.560. The number of H-pyrrole nitrogens is 1. The average Bonchev–Trinajstić information content (AvgIpc) is 2.35. The second kappa shape index (κ2) is 4.83. The van der Waals surface area contributed by atoms with Crippen molar-refractivity contribution < 1.29 is 4.79 Å². The summed E-state index contributed by atoms with van der Waals surface area (Å²) in [5.41, 5.74) is -0.264. The predicted octanol–water partition coefficient (Wildman–Crippen LogP) is 0.788. The molecule has 0 saturated heterocycles. The lowest BCUT2D eigenvalue weighted by atomic mass is 10.2. The molecule has 0 aliphatic heterocycles. The summed E-state index contributed by atoms with van der Waals surface area (Å²) in [6, 6.07) is 9.12. The molecule has 0 fully saturated rings. The summed E-state index contributed by atoms with van der Waals surface area (Å²) in [7, 11) is 0. The second-order valence-corrected chi connectivity index (χ2v) is 3.94. The van der Waals surface area contributed by atoms with Gasteiger partial charge < -0.3 is 4.98 Å². The van der Waals surface area contributed by atoms with E-state index in [4.69, 9.17) is 0 Å². The van der Waals surface area contributed by atoms with E-state index in [1.807, 2.05) is 30.3 Å². The number of nitrogens with zero attached hydrogens (tertiary/aromatic N) is 1. The molecule has 2 rings (SSSR count). The Labute approximate surface area is 103 Å². The van der Waals surface area contributed by atoms with Gasteiger partial charge in [-0.3, -0.25) is 14.2 Å². The van der Waals surface area contributed by atoms with Gasteiger partial charge in [0, 0.05) is 6.20 Å². The number of carbonyl (C=O) groups excluding carboxylic acids is 1. The van der Waals surface area contributed by atoms with Crippen LogP contribution >= 0.6 is 0 Å². The van der Waals surface area contributed by atoms with Gasteiger partial charge >= 0.3 is 5.69 Å². The minimum absolute atomic E-state index is 0.00877. The summed E-state index contributed by atoms with van der Waals surface area (Å²) in [6.45, 7) is 1.44. The molecule has 1 aromatic heterocycles. The maximum atomic E-state index is 12.0. The lowest BCUT2D eigenvalue weighted by Crippen LogP contribution is -2.37. The molecule has 0 aliphatic rings. The fraction of sp³-hybridized carbons (Fsp3) is 0.154. The van der Waals surface area contributed by atoms with Gasteiger partial charge in [-0.2, -0.15) is 0 Å². The van der Waals surface area contributed by atoms with Crippen molar-refractivity contribution in [2.24, 2.45) is 0 Å². The molecule has 0 unspecified atom stereocenters. The van der Waals surface area contributed by atoms with Crippen LogP contribution in [0, 0.1) is 0 Å². The van der Waals surface area contributed by atoms with Crippen LogP contribution < -0.4 is 11.2 Å². The van der Waals surface area contributed by atoms with Crippen LogP contribution in [-0.4, -0.2) is 15.3 Å². The molecule has 0 radical (unpaired) electrons. The van der Waals surface area contributed by atoms with E-state index < -0.39 is 11.2 Å². The average molecular weight is 244 g/mol. The standard InChI is InChI=1S/C13H12N2O3/c1-9(16)11-7-14-13(18)15(12(11)17)8-10-5-3-2-4-6-10/h2-7H,8H2,1H3,(H,14,18). The first-order valence-corrected chi connectivity index (χ1v) is 5.47. The maximum Gasteiger partial charge on any atom is 0.328 e. The van der Waals surface area contributed by atoms with Gasteiger partial charge in [-0.05, 0) is 12.5 Å². The molecule has 2 aromatic rings. The quantitative estimate of drug-likeness (QED) is 0.811. The van der Waals surface area contributed by atoms with Crippen molar-refractivity contribution in [1.82, 2.24) is 9.55 Å². The third-order valence-electron chi connectivity index (χ3n) is 2.62. The van der Waals surface area contributed by atoms with Gasteiger partial charge in [-0.25, -0.2) is 4.79 Å². The van der Waals surface area contributed by atoms with Crippen molar-refractivity contribution in [3.05, 3.63) is 68.5 Å². The Morgan fingerprint density at radius 2 is 1.89 bits per heavy atom. The molecular weight excluding hydrogens is 232 g/mol. The smallest absolute Gasteiger partial charge is 0.313 e. The fourth-order valence-corrected chi connectivity index (χ4v) is 1.67. The number of aromatic amines is 1. The van der Waals surface area contributed by atoms with Crippen LogP contribution in [0.4, 0.5) is 0 Å². The molecule has 0 amide bonds. The Kier molecular flexibility index (Phi) is 3.23. The molecule has 1 aromatic carbocycles. The van der Waals surface area contributed by atoms with Crippen LogP contribution in [0.3, 0.4) is 0 Å². The molecule has 5 heteroatoms. The minimum Gasteiger partial charge on any atom is -0.313 e. The number of nitrogens with one attached hydrogen (secondary N) is 1. The molecule has 18 heavy (non-hydrogen) atoms. The maximum absolute atomic E-state index is 12.0. The lowest BCUT2D eigenvalue weighted by Gasteiger charge is -2.05. The number of carbonyl (C=O) groups is 1. The summed E-state index contributed by atoms with van der Waals surface area (Å²) >= 11 is 0. The molecule has 0 spiro atoms. The zero-order chi connectivity index (χ0) is 13.1. The molecular formula is C13H12N2O3. The highest BCUT2D eigenvalue weighted by Crippen LogP contribution is 1.99. The SMILES string of the molecule is CC(=O)c1c[nH]c(=O)n(Cc2ccccc2)c1=O. The van der Waals surface area contributed by atoms with Crippen molar-refractivity contribution in [1.29, 1.82) is 0 Å². The van der Waals surface area contributed by atoms with Gasteiger partial charge in [0.25, 0.3) is 5.56 Å². The normalized spacial score (nSPS) is 10.3. The highest BCUT2D eigenvalue weighted by Gasteiger charge is 2.10. The summed E-state index contributed by atoms with van der Waals surface area (Å²) in [4.78, 5) is 37.2. The lowest BCUT2D eigenvalue weighted by molar-refractivity contribution is 0.101. The Hall–Kier alpha value is -2.43. The van der Waals surface area contributed by atoms with E-state index in [2.05, 4.69) is 4.98 Å². The van der Waals surface area contributed by atoms with E-state index in [0.29, 0.717) is 0 Å².